The molecule has 1 heterocycles. The predicted molar refractivity (Wildman–Crippen MR) is 122 cm³/mol. The molecule has 0 bridgehead atoms. The van der Waals surface area contributed by atoms with Crippen LogP contribution in [-0.2, 0) is 24.1 Å². The molecule has 4 nitrogen and oxygen atoms in total. The Morgan fingerprint density at radius 2 is 1.70 bits per heavy atom. The smallest absolute Gasteiger partial charge is 0.267 e. The van der Waals surface area contributed by atoms with Gasteiger partial charge in [0.15, 0.2) is 0 Å². The van der Waals surface area contributed by atoms with E-state index >= 15 is 0 Å². The predicted octanol–water partition coefficient (Wildman–Crippen LogP) is 5.11. The fourth-order valence-electron chi connectivity index (χ4n) is 4.14. The van der Waals surface area contributed by atoms with Crippen LogP contribution in [0.2, 0.25) is 0 Å². The van der Waals surface area contributed by atoms with Crippen molar-refractivity contribution in [2.75, 3.05) is 18.4 Å². The lowest BCUT2D eigenvalue weighted by Crippen LogP contribution is -2.31. The number of carbonyl (C=O) groups excluding carboxylic acids is 1. The van der Waals surface area contributed by atoms with Gasteiger partial charge in [-0.1, -0.05) is 62.4 Å². The molecule has 1 fully saturated rings. The van der Waals surface area contributed by atoms with E-state index < -0.39 is 0 Å². The van der Waals surface area contributed by atoms with Gasteiger partial charge in [-0.2, -0.15) is 5.26 Å². The molecule has 1 aliphatic heterocycles. The zero-order valence-corrected chi connectivity index (χ0v) is 18.0. The van der Waals surface area contributed by atoms with E-state index in [0.29, 0.717) is 5.92 Å². The quantitative estimate of drug-likeness (QED) is 0.518. The van der Waals surface area contributed by atoms with Gasteiger partial charge in [0.25, 0.3) is 5.91 Å². The first-order chi connectivity index (χ1) is 14.6. The van der Waals surface area contributed by atoms with Crippen molar-refractivity contribution in [2.45, 2.75) is 46.0 Å². The van der Waals surface area contributed by atoms with E-state index in [1.807, 2.05) is 24.3 Å². The van der Waals surface area contributed by atoms with Crippen molar-refractivity contribution in [3.8, 4) is 6.07 Å². The van der Waals surface area contributed by atoms with E-state index in [1.165, 1.54) is 5.56 Å². The van der Waals surface area contributed by atoms with E-state index in [4.69, 9.17) is 0 Å². The lowest BCUT2D eigenvalue weighted by Gasteiger charge is -2.31. The molecule has 30 heavy (non-hydrogen) atoms. The van der Waals surface area contributed by atoms with Crippen molar-refractivity contribution in [1.82, 2.24) is 4.90 Å². The standard InChI is InChI=1S/C26H31N3O/c1-3-22-11-8-12-23(4-2)25(22)28-26(30)24(18-27)19-29-15-13-21(14-16-29)17-20-9-6-5-7-10-20/h5-12,19,21H,3-4,13-17H2,1-2H3,(H,28,30)/b24-19-. The average molecular weight is 402 g/mol. The van der Waals surface area contributed by atoms with Crippen molar-refractivity contribution in [1.29, 1.82) is 5.26 Å². The van der Waals surface area contributed by atoms with Crippen LogP contribution >= 0.6 is 0 Å². The van der Waals surface area contributed by atoms with Crippen LogP contribution < -0.4 is 5.32 Å². The third-order valence-electron chi connectivity index (χ3n) is 5.93. The number of amides is 1. The summed E-state index contributed by atoms with van der Waals surface area (Å²) in [6, 6.07) is 18.8. The van der Waals surface area contributed by atoms with Crippen molar-refractivity contribution >= 4 is 11.6 Å². The second-order valence-electron chi connectivity index (χ2n) is 7.94. The summed E-state index contributed by atoms with van der Waals surface area (Å²) in [6.45, 7) is 5.90. The molecule has 0 radical (unpaired) electrons. The first kappa shape index (κ1) is 21.6. The third kappa shape index (κ3) is 5.51. The molecule has 1 saturated heterocycles. The summed E-state index contributed by atoms with van der Waals surface area (Å²) < 4.78 is 0. The average Bonchev–Trinajstić information content (AvgIpc) is 2.79. The highest BCUT2D eigenvalue weighted by molar-refractivity contribution is 6.07. The Bertz CT molecular complexity index is 897. The van der Waals surface area contributed by atoms with Crippen molar-refractivity contribution < 1.29 is 4.79 Å². The van der Waals surface area contributed by atoms with Crippen molar-refractivity contribution in [3.63, 3.8) is 0 Å². The number of carbonyl (C=O) groups is 1. The van der Waals surface area contributed by atoms with Gasteiger partial charge in [0.2, 0.25) is 0 Å². The van der Waals surface area contributed by atoms with Crippen molar-refractivity contribution in [2.24, 2.45) is 5.92 Å². The van der Waals surface area contributed by atoms with Gasteiger partial charge in [0, 0.05) is 25.0 Å². The molecule has 1 aliphatic rings. The van der Waals surface area contributed by atoms with E-state index in [-0.39, 0.29) is 11.5 Å². The molecule has 3 rings (SSSR count). The summed E-state index contributed by atoms with van der Waals surface area (Å²) in [6.07, 6.45) is 6.66. The number of para-hydroxylation sites is 1. The maximum absolute atomic E-state index is 12.8. The summed E-state index contributed by atoms with van der Waals surface area (Å²) >= 11 is 0. The number of aryl methyl sites for hydroxylation is 2. The molecule has 1 N–H and O–H groups in total. The molecular formula is C26H31N3O. The Balaban J connectivity index is 1.62. The van der Waals surface area contributed by atoms with Crippen LogP contribution in [0, 0.1) is 17.2 Å². The summed E-state index contributed by atoms with van der Waals surface area (Å²) in [4.78, 5) is 14.9. The molecular weight excluding hydrogens is 370 g/mol. The Labute approximate surface area is 180 Å². The van der Waals surface area contributed by atoms with Crippen LogP contribution in [0.1, 0.15) is 43.4 Å². The number of rotatable bonds is 7. The molecule has 0 saturated carbocycles. The SMILES string of the molecule is CCc1cccc(CC)c1NC(=O)/C(C#N)=C\N1CCC(Cc2ccccc2)CC1. The van der Waals surface area contributed by atoms with Crippen LogP contribution in [0.15, 0.2) is 60.3 Å². The second-order valence-corrected chi connectivity index (χ2v) is 7.94. The van der Waals surface area contributed by atoms with Gasteiger partial charge in [-0.15, -0.1) is 0 Å². The summed E-state index contributed by atoms with van der Waals surface area (Å²) in [5.41, 5.74) is 4.60. The Morgan fingerprint density at radius 3 is 2.27 bits per heavy atom. The molecule has 156 valence electrons. The molecule has 0 unspecified atom stereocenters. The molecule has 1 amide bonds. The lowest BCUT2D eigenvalue weighted by atomic mass is 9.90. The van der Waals surface area contributed by atoms with E-state index in [2.05, 4.69) is 54.4 Å². The van der Waals surface area contributed by atoms with Gasteiger partial charge >= 0.3 is 0 Å². The van der Waals surface area contributed by atoms with Crippen molar-refractivity contribution in [3.05, 3.63) is 77.0 Å². The zero-order valence-electron chi connectivity index (χ0n) is 18.0. The third-order valence-corrected chi connectivity index (χ3v) is 5.93. The normalized spacial score (nSPS) is 15.0. The summed E-state index contributed by atoms with van der Waals surface area (Å²) in [7, 11) is 0. The van der Waals surface area contributed by atoms with Gasteiger partial charge in [-0.25, -0.2) is 0 Å². The van der Waals surface area contributed by atoms with Gasteiger partial charge in [-0.3, -0.25) is 4.79 Å². The van der Waals surface area contributed by atoms with Crippen LogP contribution in [0.3, 0.4) is 0 Å². The number of anilines is 1. The first-order valence-electron chi connectivity index (χ1n) is 11.0. The number of hydrogen-bond donors (Lipinski definition) is 1. The van der Waals surface area contributed by atoms with Crippen LogP contribution in [0.4, 0.5) is 5.69 Å². The van der Waals surface area contributed by atoms with E-state index in [9.17, 15) is 10.1 Å². The van der Waals surface area contributed by atoms with Crippen LogP contribution in [0.25, 0.3) is 0 Å². The maximum atomic E-state index is 12.8. The Kier molecular flexibility index (Phi) is 7.68. The molecule has 0 aliphatic carbocycles. The number of hydrogen-bond acceptors (Lipinski definition) is 3. The van der Waals surface area contributed by atoms with Gasteiger partial charge < -0.3 is 10.2 Å². The number of nitrogens with one attached hydrogen (secondary N) is 1. The minimum absolute atomic E-state index is 0.171. The molecule has 0 aromatic heterocycles. The summed E-state index contributed by atoms with van der Waals surface area (Å²) in [5.74, 6) is 0.333. The second kappa shape index (κ2) is 10.6. The lowest BCUT2D eigenvalue weighted by molar-refractivity contribution is -0.112. The molecule has 2 aromatic rings. The number of benzene rings is 2. The minimum atomic E-state index is -0.320. The number of piperidine rings is 1. The van der Waals surface area contributed by atoms with Crippen LogP contribution in [0.5, 0.6) is 0 Å². The van der Waals surface area contributed by atoms with Gasteiger partial charge in [0.1, 0.15) is 11.6 Å². The highest BCUT2D eigenvalue weighted by Gasteiger charge is 2.20. The molecule has 0 spiro atoms. The Hall–Kier alpha value is -3.06. The number of nitrogens with zero attached hydrogens (tertiary/aromatic N) is 2. The number of likely N-dealkylation sites (tertiary alicyclic amines) is 1. The van der Waals surface area contributed by atoms with E-state index in [0.717, 1.165) is 62.0 Å². The maximum Gasteiger partial charge on any atom is 0.267 e. The van der Waals surface area contributed by atoms with E-state index in [1.54, 1.807) is 6.20 Å². The fourth-order valence-corrected chi connectivity index (χ4v) is 4.14. The number of nitriles is 1. The minimum Gasteiger partial charge on any atom is -0.376 e. The largest absolute Gasteiger partial charge is 0.376 e. The molecule has 2 aromatic carbocycles. The molecule has 0 atom stereocenters. The molecule has 4 heteroatoms. The first-order valence-corrected chi connectivity index (χ1v) is 11.0. The van der Waals surface area contributed by atoms with Gasteiger partial charge in [0.05, 0.1) is 0 Å². The monoisotopic (exact) mass is 401 g/mol. The fraction of sp³-hybridized carbons (Fsp3) is 0.385. The zero-order chi connectivity index (χ0) is 21.3. The summed E-state index contributed by atoms with van der Waals surface area (Å²) in [5, 5.41) is 12.6. The highest BCUT2D eigenvalue weighted by atomic mass is 16.1. The topological polar surface area (TPSA) is 56.1 Å². The van der Waals surface area contributed by atoms with Gasteiger partial charge in [-0.05, 0) is 54.7 Å². The van der Waals surface area contributed by atoms with Crippen LogP contribution in [-0.4, -0.2) is 23.9 Å². The highest BCUT2D eigenvalue weighted by Crippen LogP contribution is 2.24. The Morgan fingerprint density at radius 1 is 1.07 bits per heavy atom.